The summed E-state index contributed by atoms with van der Waals surface area (Å²) in [5.74, 6) is 0.908. The Hall–Kier alpha value is -2.72. The zero-order valence-corrected chi connectivity index (χ0v) is 16.4. The SMILES string of the molecule is Cc1noc(C)c1S(=O)(=O)N1CCC(c2n[nH]c(=O)n2-c2ccccc2)CC1. The molecule has 0 saturated carbocycles. The van der Waals surface area contributed by atoms with Crippen LogP contribution in [-0.4, -0.2) is 45.7 Å². The van der Waals surface area contributed by atoms with E-state index >= 15 is 0 Å². The van der Waals surface area contributed by atoms with Gasteiger partial charge in [-0.1, -0.05) is 23.4 Å². The van der Waals surface area contributed by atoms with Crippen LogP contribution in [0.2, 0.25) is 0 Å². The summed E-state index contributed by atoms with van der Waals surface area (Å²) in [6.07, 6.45) is 1.14. The fourth-order valence-electron chi connectivity index (χ4n) is 3.74. The van der Waals surface area contributed by atoms with Crippen LogP contribution in [0.3, 0.4) is 0 Å². The summed E-state index contributed by atoms with van der Waals surface area (Å²) in [7, 11) is -3.66. The molecule has 0 amide bonds. The Labute approximate surface area is 162 Å². The van der Waals surface area contributed by atoms with Gasteiger partial charge < -0.3 is 4.52 Å². The average Bonchev–Trinajstić information content (AvgIpc) is 3.24. The molecule has 3 heterocycles. The number of hydrogen-bond acceptors (Lipinski definition) is 6. The summed E-state index contributed by atoms with van der Waals surface area (Å²) in [5, 5.41) is 10.5. The Bertz CT molecular complexity index is 1120. The van der Waals surface area contributed by atoms with Crippen molar-refractivity contribution in [1.82, 2.24) is 24.2 Å². The molecule has 2 aromatic heterocycles. The molecule has 4 rings (SSSR count). The van der Waals surface area contributed by atoms with Gasteiger partial charge in [0, 0.05) is 19.0 Å². The molecular formula is C18H21N5O4S. The second-order valence-corrected chi connectivity index (χ2v) is 8.76. The topological polar surface area (TPSA) is 114 Å². The van der Waals surface area contributed by atoms with Gasteiger partial charge in [0.25, 0.3) is 0 Å². The molecule has 0 aliphatic carbocycles. The molecule has 10 heteroatoms. The van der Waals surface area contributed by atoms with Crippen molar-refractivity contribution in [3.8, 4) is 5.69 Å². The van der Waals surface area contributed by atoms with Crippen LogP contribution in [-0.2, 0) is 10.0 Å². The number of rotatable bonds is 4. The largest absolute Gasteiger partial charge is 0.360 e. The van der Waals surface area contributed by atoms with Crippen molar-refractivity contribution >= 4 is 10.0 Å². The fraction of sp³-hybridized carbons (Fsp3) is 0.389. The molecule has 9 nitrogen and oxygen atoms in total. The van der Waals surface area contributed by atoms with Gasteiger partial charge in [0.15, 0.2) is 5.76 Å². The monoisotopic (exact) mass is 403 g/mol. The first-order valence-electron chi connectivity index (χ1n) is 9.05. The lowest BCUT2D eigenvalue weighted by atomic mass is 9.97. The molecule has 1 fully saturated rings. The number of H-pyrrole nitrogens is 1. The smallest absolute Gasteiger partial charge is 0.347 e. The maximum atomic E-state index is 13.0. The predicted octanol–water partition coefficient (Wildman–Crippen LogP) is 1.73. The second-order valence-electron chi connectivity index (χ2n) is 6.89. The van der Waals surface area contributed by atoms with Crippen LogP contribution in [0.25, 0.3) is 5.69 Å². The highest BCUT2D eigenvalue weighted by atomic mass is 32.2. The summed E-state index contributed by atoms with van der Waals surface area (Å²) in [6, 6.07) is 9.29. The van der Waals surface area contributed by atoms with Gasteiger partial charge in [-0.3, -0.25) is 0 Å². The van der Waals surface area contributed by atoms with Gasteiger partial charge in [0.1, 0.15) is 16.4 Å². The summed E-state index contributed by atoms with van der Waals surface area (Å²) >= 11 is 0. The highest BCUT2D eigenvalue weighted by Crippen LogP contribution is 2.31. The fourth-order valence-corrected chi connectivity index (χ4v) is 5.50. The van der Waals surface area contributed by atoms with Crippen molar-refractivity contribution in [1.29, 1.82) is 0 Å². The van der Waals surface area contributed by atoms with Gasteiger partial charge in [-0.25, -0.2) is 22.9 Å². The van der Waals surface area contributed by atoms with Crippen molar-refractivity contribution in [2.24, 2.45) is 0 Å². The van der Waals surface area contributed by atoms with E-state index in [1.807, 2.05) is 30.3 Å². The Balaban J connectivity index is 1.57. The number of nitrogens with zero attached hydrogens (tertiary/aromatic N) is 4. The molecule has 0 unspecified atom stereocenters. The van der Waals surface area contributed by atoms with Crippen LogP contribution >= 0.6 is 0 Å². The number of aryl methyl sites for hydroxylation is 2. The van der Waals surface area contributed by atoms with E-state index in [4.69, 9.17) is 4.52 Å². The maximum absolute atomic E-state index is 13.0. The third-order valence-electron chi connectivity index (χ3n) is 5.10. The highest BCUT2D eigenvalue weighted by Gasteiger charge is 2.35. The Morgan fingerprint density at radius 2 is 1.82 bits per heavy atom. The van der Waals surface area contributed by atoms with Crippen LogP contribution < -0.4 is 5.69 Å². The molecule has 3 aromatic rings. The van der Waals surface area contributed by atoms with Crippen LogP contribution in [0.15, 0.2) is 44.5 Å². The Morgan fingerprint density at radius 1 is 1.14 bits per heavy atom. The molecule has 148 valence electrons. The van der Waals surface area contributed by atoms with Crippen LogP contribution in [0.4, 0.5) is 0 Å². The second kappa shape index (κ2) is 7.02. The van der Waals surface area contributed by atoms with Crippen molar-refractivity contribution in [3.05, 3.63) is 58.1 Å². The molecule has 1 N–H and O–H groups in total. The van der Waals surface area contributed by atoms with Gasteiger partial charge in [-0.05, 0) is 38.8 Å². The first-order chi connectivity index (χ1) is 13.4. The average molecular weight is 403 g/mol. The highest BCUT2D eigenvalue weighted by molar-refractivity contribution is 7.89. The quantitative estimate of drug-likeness (QED) is 0.710. The zero-order valence-electron chi connectivity index (χ0n) is 15.6. The number of benzene rings is 1. The molecule has 0 spiro atoms. The molecule has 1 aromatic carbocycles. The van der Waals surface area contributed by atoms with Crippen LogP contribution in [0.5, 0.6) is 0 Å². The van der Waals surface area contributed by atoms with Gasteiger partial charge >= 0.3 is 5.69 Å². The van der Waals surface area contributed by atoms with Crippen molar-refractivity contribution in [2.75, 3.05) is 13.1 Å². The summed E-state index contributed by atoms with van der Waals surface area (Å²) < 4.78 is 34.0. The molecule has 1 aliphatic heterocycles. The van der Waals surface area contributed by atoms with Crippen LogP contribution in [0.1, 0.15) is 36.0 Å². The predicted molar refractivity (Wildman–Crippen MR) is 101 cm³/mol. The van der Waals surface area contributed by atoms with Crippen molar-refractivity contribution in [2.45, 2.75) is 37.5 Å². The molecule has 0 bridgehead atoms. The maximum Gasteiger partial charge on any atom is 0.347 e. The van der Waals surface area contributed by atoms with Gasteiger partial charge in [-0.2, -0.15) is 9.40 Å². The molecular weight excluding hydrogens is 382 g/mol. The van der Waals surface area contributed by atoms with Crippen molar-refractivity contribution < 1.29 is 12.9 Å². The lowest BCUT2D eigenvalue weighted by molar-refractivity contribution is 0.311. The first kappa shape index (κ1) is 18.6. The number of aromatic nitrogens is 4. The minimum Gasteiger partial charge on any atom is -0.360 e. The molecule has 1 saturated heterocycles. The number of piperidine rings is 1. The number of aromatic amines is 1. The standard InChI is InChI=1S/C18H21N5O4S/c1-12-16(13(2)27-21-12)28(25,26)22-10-8-14(9-11-22)17-19-20-18(24)23(17)15-6-4-3-5-7-15/h3-7,14H,8-11H2,1-2H3,(H,20,24). The number of sulfonamides is 1. The third kappa shape index (κ3) is 3.08. The normalized spacial score (nSPS) is 16.5. The number of para-hydroxylation sites is 1. The lowest BCUT2D eigenvalue weighted by Gasteiger charge is -2.30. The first-order valence-corrected chi connectivity index (χ1v) is 10.5. The van der Waals surface area contributed by atoms with E-state index in [2.05, 4.69) is 15.4 Å². The summed E-state index contributed by atoms with van der Waals surface area (Å²) in [4.78, 5) is 12.4. The summed E-state index contributed by atoms with van der Waals surface area (Å²) in [6.45, 7) is 3.90. The van der Waals surface area contributed by atoms with E-state index in [9.17, 15) is 13.2 Å². The molecule has 0 radical (unpaired) electrons. The van der Waals surface area contributed by atoms with E-state index in [0.29, 0.717) is 43.2 Å². The molecule has 1 aliphatic rings. The number of nitrogens with one attached hydrogen (secondary N) is 1. The third-order valence-corrected chi connectivity index (χ3v) is 7.24. The van der Waals surface area contributed by atoms with E-state index in [1.54, 1.807) is 18.4 Å². The van der Waals surface area contributed by atoms with E-state index in [0.717, 1.165) is 5.69 Å². The Kier molecular flexibility index (Phi) is 4.68. The van der Waals surface area contributed by atoms with Gasteiger partial charge in [0.2, 0.25) is 10.0 Å². The molecule has 28 heavy (non-hydrogen) atoms. The zero-order chi connectivity index (χ0) is 19.9. The van der Waals surface area contributed by atoms with E-state index < -0.39 is 10.0 Å². The lowest BCUT2D eigenvalue weighted by Crippen LogP contribution is -2.38. The number of hydrogen-bond donors (Lipinski definition) is 1. The van der Waals surface area contributed by atoms with Crippen LogP contribution in [0, 0.1) is 13.8 Å². The molecule has 0 atom stereocenters. The minimum absolute atomic E-state index is 0.0183. The van der Waals surface area contributed by atoms with Crippen molar-refractivity contribution in [3.63, 3.8) is 0 Å². The summed E-state index contributed by atoms with van der Waals surface area (Å²) in [5.41, 5.74) is 0.804. The van der Waals surface area contributed by atoms with E-state index in [-0.39, 0.29) is 16.5 Å². The van der Waals surface area contributed by atoms with Gasteiger partial charge in [0.05, 0.1) is 5.69 Å². The Morgan fingerprint density at radius 3 is 2.43 bits per heavy atom. The van der Waals surface area contributed by atoms with Gasteiger partial charge in [-0.15, -0.1) is 0 Å². The minimum atomic E-state index is -3.66. The van der Waals surface area contributed by atoms with E-state index in [1.165, 1.54) is 4.31 Å².